The molecule has 0 unspecified atom stereocenters. The van der Waals surface area contributed by atoms with Gasteiger partial charge in [0.05, 0.1) is 0 Å². The first-order valence-corrected chi connectivity index (χ1v) is 5.00. The predicted octanol–water partition coefficient (Wildman–Crippen LogP) is 3.81. The molecule has 0 amide bonds. The number of benzene rings is 2. The standard InChI is InChI=1S/C13H13FO/c1-8(2)12-7-11(15)5-9-3-4-10(14)6-13(9)12/h3-8,15H,1-2H3. The molecule has 1 N–H and O–H groups in total. The van der Waals surface area contributed by atoms with Crippen molar-refractivity contribution in [3.05, 3.63) is 41.7 Å². The Labute approximate surface area is 88.2 Å². The molecule has 2 aromatic rings. The number of rotatable bonds is 1. The second-order valence-electron chi connectivity index (χ2n) is 4.06. The first kappa shape index (κ1) is 9.97. The molecule has 0 fully saturated rings. The van der Waals surface area contributed by atoms with Crippen LogP contribution < -0.4 is 0 Å². The first-order chi connectivity index (χ1) is 7.08. The van der Waals surface area contributed by atoms with E-state index in [9.17, 15) is 9.50 Å². The molecule has 0 radical (unpaired) electrons. The largest absolute Gasteiger partial charge is 0.508 e. The summed E-state index contributed by atoms with van der Waals surface area (Å²) < 4.78 is 13.1. The Morgan fingerprint density at radius 1 is 1.13 bits per heavy atom. The van der Waals surface area contributed by atoms with Gasteiger partial charge in [0, 0.05) is 0 Å². The highest BCUT2D eigenvalue weighted by Crippen LogP contribution is 2.30. The minimum atomic E-state index is -0.241. The van der Waals surface area contributed by atoms with Crippen molar-refractivity contribution in [1.29, 1.82) is 0 Å². The van der Waals surface area contributed by atoms with Gasteiger partial charge in [-0.05, 0) is 46.5 Å². The molecule has 0 aromatic heterocycles. The highest BCUT2D eigenvalue weighted by atomic mass is 19.1. The van der Waals surface area contributed by atoms with Crippen LogP contribution in [0.15, 0.2) is 30.3 Å². The van der Waals surface area contributed by atoms with E-state index in [0.29, 0.717) is 0 Å². The molecule has 2 aromatic carbocycles. The van der Waals surface area contributed by atoms with Gasteiger partial charge in [0.15, 0.2) is 0 Å². The van der Waals surface area contributed by atoms with Gasteiger partial charge in [-0.25, -0.2) is 4.39 Å². The number of hydrogen-bond acceptors (Lipinski definition) is 1. The van der Waals surface area contributed by atoms with Gasteiger partial charge in [-0.2, -0.15) is 0 Å². The number of hydrogen-bond donors (Lipinski definition) is 1. The van der Waals surface area contributed by atoms with Gasteiger partial charge in [0.1, 0.15) is 11.6 Å². The molecule has 0 bridgehead atoms. The molecule has 1 nitrogen and oxygen atoms in total. The number of phenols is 1. The quantitative estimate of drug-likeness (QED) is 0.748. The topological polar surface area (TPSA) is 20.2 Å². The molecule has 0 heterocycles. The summed E-state index contributed by atoms with van der Waals surface area (Å²) in [6, 6.07) is 7.97. The number of halogens is 1. The fraction of sp³-hybridized carbons (Fsp3) is 0.231. The lowest BCUT2D eigenvalue weighted by atomic mass is 9.95. The molecule has 0 spiro atoms. The summed E-state index contributed by atoms with van der Waals surface area (Å²) in [7, 11) is 0. The number of fused-ring (bicyclic) bond motifs is 1. The molecule has 0 aliphatic rings. The van der Waals surface area contributed by atoms with Crippen LogP contribution in [0, 0.1) is 5.82 Å². The van der Waals surface area contributed by atoms with Crippen LogP contribution in [0.5, 0.6) is 5.75 Å². The summed E-state index contributed by atoms with van der Waals surface area (Å²) in [6.07, 6.45) is 0. The minimum Gasteiger partial charge on any atom is -0.508 e. The zero-order chi connectivity index (χ0) is 11.0. The van der Waals surface area contributed by atoms with Crippen LogP contribution >= 0.6 is 0 Å². The van der Waals surface area contributed by atoms with Crippen LogP contribution in [0.3, 0.4) is 0 Å². The average molecular weight is 204 g/mol. The van der Waals surface area contributed by atoms with Crippen LogP contribution in [0.1, 0.15) is 25.3 Å². The van der Waals surface area contributed by atoms with Crippen molar-refractivity contribution in [2.45, 2.75) is 19.8 Å². The third kappa shape index (κ3) is 1.80. The third-order valence-electron chi connectivity index (χ3n) is 2.56. The normalized spacial score (nSPS) is 11.2. The van der Waals surface area contributed by atoms with Gasteiger partial charge >= 0.3 is 0 Å². The number of phenolic OH excluding ortho intramolecular Hbond substituents is 1. The Balaban J connectivity index is 2.81. The van der Waals surface area contributed by atoms with Crippen LogP contribution in [0.4, 0.5) is 4.39 Å². The summed E-state index contributed by atoms with van der Waals surface area (Å²) in [5, 5.41) is 11.3. The monoisotopic (exact) mass is 204 g/mol. The molecule has 2 rings (SSSR count). The first-order valence-electron chi connectivity index (χ1n) is 5.00. The minimum absolute atomic E-state index is 0.234. The summed E-state index contributed by atoms with van der Waals surface area (Å²) in [5.41, 5.74) is 0.976. The van der Waals surface area contributed by atoms with E-state index in [-0.39, 0.29) is 17.5 Å². The van der Waals surface area contributed by atoms with Gasteiger partial charge in [0.2, 0.25) is 0 Å². The smallest absolute Gasteiger partial charge is 0.123 e. The van der Waals surface area contributed by atoms with Crippen molar-refractivity contribution in [2.75, 3.05) is 0 Å². The Morgan fingerprint density at radius 3 is 2.53 bits per heavy atom. The third-order valence-corrected chi connectivity index (χ3v) is 2.56. The van der Waals surface area contributed by atoms with E-state index in [0.717, 1.165) is 16.3 Å². The maximum Gasteiger partial charge on any atom is 0.123 e. The molecular formula is C13H13FO. The Kier molecular flexibility index (Phi) is 2.35. The Bertz CT molecular complexity index is 503. The zero-order valence-electron chi connectivity index (χ0n) is 8.79. The average Bonchev–Trinajstić information content (AvgIpc) is 2.17. The van der Waals surface area contributed by atoms with Gasteiger partial charge in [-0.1, -0.05) is 19.9 Å². The lowest BCUT2D eigenvalue weighted by Gasteiger charge is -2.10. The van der Waals surface area contributed by atoms with Gasteiger partial charge in [-0.3, -0.25) is 0 Å². The second kappa shape index (κ2) is 3.54. The van der Waals surface area contributed by atoms with Crippen molar-refractivity contribution < 1.29 is 9.50 Å². The fourth-order valence-electron chi connectivity index (χ4n) is 1.82. The Morgan fingerprint density at radius 2 is 1.87 bits per heavy atom. The molecule has 2 heteroatoms. The van der Waals surface area contributed by atoms with Gasteiger partial charge < -0.3 is 5.11 Å². The van der Waals surface area contributed by atoms with Crippen molar-refractivity contribution in [3.63, 3.8) is 0 Å². The highest BCUT2D eigenvalue weighted by Gasteiger charge is 2.08. The lowest BCUT2D eigenvalue weighted by molar-refractivity contribution is 0.475. The molecule has 0 atom stereocenters. The maximum absolute atomic E-state index is 13.1. The second-order valence-corrected chi connectivity index (χ2v) is 4.06. The van der Waals surface area contributed by atoms with Crippen LogP contribution in [-0.4, -0.2) is 5.11 Å². The van der Waals surface area contributed by atoms with Crippen molar-refractivity contribution in [3.8, 4) is 5.75 Å². The Hall–Kier alpha value is -1.57. The summed E-state index contributed by atoms with van der Waals surface area (Å²) in [4.78, 5) is 0. The van der Waals surface area contributed by atoms with Crippen molar-refractivity contribution >= 4 is 10.8 Å². The summed E-state index contributed by atoms with van der Waals surface area (Å²) >= 11 is 0. The van der Waals surface area contributed by atoms with E-state index in [1.807, 2.05) is 13.8 Å². The summed E-state index contributed by atoms with van der Waals surface area (Å²) in [6.45, 7) is 4.05. The van der Waals surface area contributed by atoms with E-state index in [2.05, 4.69) is 0 Å². The molecule has 0 aliphatic carbocycles. The predicted molar refractivity (Wildman–Crippen MR) is 59.7 cm³/mol. The van der Waals surface area contributed by atoms with E-state index in [1.165, 1.54) is 12.1 Å². The lowest BCUT2D eigenvalue weighted by Crippen LogP contribution is -1.90. The summed E-state index contributed by atoms with van der Waals surface area (Å²) in [5.74, 6) is 0.259. The van der Waals surface area contributed by atoms with Gasteiger partial charge in [-0.15, -0.1) is 0 Å². The van der Waals surface area contributed by atoms with Gasteiger partial charge in [0.25, 0.3) is 0 Å². The molecular weight excluding hydrogens is 191 g/mol. The van der Waals surface area contributed by atoms with Crippen LogP contribution in [0.2, 0.25) is 0 Å². The van der Waals surface area contributed by atoms with E-state index in [4.69, 9.17) is 0 Å². The molecule has 78 valence electrons. The van der Waals surface area contributed by atoms with Crippen LogP contribution in [0.25, 0.3) is 10.8 Å². The van der Waals surface area contributed by atoms with E-state index < -0.39 is 0 Å². The van der Waals surface area contributed by atoms with Crippen LogP contribution in [-0.2, 0) is 0 Å². The molecule has 15 heavy (non-hydrogen) atoms. The zero-order valence-corrected chi connectivity index (χ0v) is 8.79. The van der Waals surface area contributed by atoms with E-state index in [1.54, 1.807) is 18.2 Å². The fourth-order valence-corrected chi connectivity index (χ4v) is 1.82. The molecule has 0 aliphatic heterocycles. The molecule has 0 saturated carbocycles. The number of aromatic hydroxyl groups is 1. The highest BCUT2D eigenvalue weighted by molar-refractivity contribution is 5.87. The SMILES string of the molecule is CC(C)c1cc(O)cc2ccc(F)cc12. The van der Waals surface area contributed by atoms with E-state index >= 15 is 0 Å². The maximum atomic E-state index is 13.1. The van der Waals surface area contributed by atoms with Crippen molar-refractivity contribution in [1.82, 2.24) is 0 Å². The molecule has 0 saturated heterocycles. The van der Waals surface area contributed by atoms with Crippen molar-refractivity contribution in [2.24, 2.45) is 0 Å².